The van der Waals surface area contributed by atoms with E-state index in [1.54, 1.807) is 44.6 Å². The first-order valence-electron chi connectivity index (χ1n) is 9.64. The minimum atomic E-state index is -3.34. The third-order valence-electron chi connectivity index (χ3n) is 4.54. The molecule has 0 radical (unpaired) electrons. The second-order valence-corrected chi connectivity index (χ2v) is 9.69. The summed E-state index contributed by atoms with van der Waals surface area (Å²) in [4.78, 5) is 17.0. The SMILES string of the molecule is COc1ccc(-c2nc(CC(=O)NCCCS(=O)(=O)c3ccccc3)cs2)cc1OC. The van der Waals surface area contributed by atoms with Crippen LogP contribution in [0, 0.1) is 0 Å². The number of carbonyl (C=O) groups excluding carboxylic acids is 1. The number of benzene rings is 2. The molecule has 0 bridgehead atoms. The molecule has 3 aromatic rings. The average molecular weight is 461 g/mol. The monoisotopic (exact) mass is 460 g/mol. The molecule has 31 heavy (non-hydrogen) atoms. The Bertz CT molecular complexity index is 1130. The molecule has 1 N–H and O–H groups in total. The molecule has 0 fully saturated rings. The van der Waals surface area contributed by atoms with E-state index in [0.717, 1.165) is 10.6 Å². The highest BCUT2D eigenvalue weighted by molar-refractivity contribution is 7.91. The minimum absolute atomic E-state index is 0.0164. The topological polar surface area (TPSA) is 94.6 Å². The van der Waals surface area contributed by atoms with Gasteiger partial charge in [0.1, 0.15) is 5.01 Å². The normalized spacial score (nSPS) is 11.2. The first-order chi connectivity index (χ1) is 14.9. The number of thiazole rings is 1. The number of nitrogens with zero attached hydrogens (tertiary/aromatic N) is 1. The van der Waals surface area contributed by atoms with Crippen LogP contribution in [0.3, 0.4) is 0 Å². The lowest BCUT2D eigenvalue weighted by molar-refractivity contribution is -0.120. The molecule has 3 rings (SSSR count). The molecule has 1 aromatic heterocycles. The van der Waals surface area contributed by atoms with Crippen molar-refractivity contribution in [3.05, 3.63) is 59.6 Å². The van der Waals surface area contributed by atoms with Gasteiger partial charge in [0.05, 0.1) is 37.0 Å². The lowest BCUT2D eigenvalue weighted by atomic mass is 10.2. The molecule has 7 nitrogen and oxygen atoms in total. The van der Waals surface area contributed by atoms with Gasteiger partial charge in [-0.25, -0.2) is 13.4 Å². The van der Waals surface area contributed by atoms with Crippen LogP contribution < -0.4 is 14.8 Å². The Kier molecular flexibility index (Phi) is 7.64. The molecule has 0 aliphatic carbocycles. The molecule has 0 unspecified atom stereocenters. The Morgan fingerprint density at radius 2 is 1.81 bits per heavy atom. The van der Waals surface area contributed by atoms with E-state index in [-0.39, 0.29) is 24.6 Å². The molecular formula is C22H24N2O5S2. The molecule has 0 spiro atoms. The van der Waals surface area contributed by atoms with E-state index >= 15 is 0 Å². The summed E-state index contributed by atoms with van der Waals surface area (Å²) in [5.41, 5.74) is 1.53. The molecule has 1 heterocycles. The Balaban J connectivity index is 1.50. The van der Waals surface area contributed by atoms with E-state index in [1.807, 2.05) is 23.6 Å². The van der Waals surface area contributed by atoms with Crippen LogP contribution in [-0.4, -0.2) is 45.8 Å². The van der Waals surface area contributed by atoms with Crippen molar-refractivity contribution in [1.82, 2.24) is 10.3 Å². The van der Waals surface area contributed by atoms with Crippen molar-refractivity contribution in [2.75, 3.05) is 26.5 Å². The standard InChI is InChI=1S/C22H24N2O5S2/c1-28-19-10-9-16(13-20(19)29-2)22-24-17(15-30-22)14-21(25)23-11-6-12-31(26,27)18-7-4-3-5-8-18/h3-5,7-10,13,15H,6,11-12,14H2,1-2H3,(H,23,25). The van der Waals surface area contributed by atoms with Gasteiger partial charge >= 0.3 is 0 Å². The third kappa shape index (κ3) is 6.05. The third-order valence-corrected chi connectivity index (χ3v) is 7.29. The highest BCUT2D eigenvalue weighted by Crippen LogP contribution is 2.33. The maximum atomic E-state index is 12.3. The average Bonchev–Trinajstić information content (AvgIpc) is 3.25. The molecule has 0 atom stereocenters. The first kappa shape index (κ1) is 22.8. The van der Waals surface area contributed by atoms with E-state index in [2.05, 4.69) is 10.3 Å². The second-order valence-electron chi connectivity index (χ2n) is 6.73. The lowest BCUT2D eigenvalue weighted by Gasteiger charge is -2.08. The summed E-state index contributed by atoms with van der Waals surface area (Å²) in [6, 6.07) is 13.8. The van der Waals surface area contributed by atoms with E-state index < -0.39 is 9.84 Å². The van der Waals surface area contributed by atoms with Gasteiger partial charge in [0, 0.05) is 17.5 Å². The smallest absolute Gasteiger partial charge is 0.226 e. The fraction of sp³-hybridized carbons (Fsp3) is 0.273. The van der Waals surface area contributed by atoms with Crippen LogP contribution in [0.25, 0.3) is 10.6 Å². The Labute approximate surface area is 186 Å². The second kappa shape index (κ2) is 10.4. The molecule has 0 aliphatic rings. The van der Waals surface area contributed by atoms with Gasteiger partial charge in [-0.3, -0.25) is 4.79 Å². The summed E-state index contributed by atoms with van der Waals surface area (Å²) in [7, 11) is -0.185. The van der Waals surface area contributed by atoms with Crippen LogP contribution in [0.4, 0.5) is 0 Å². The van der Waals surface area contributed by atoms with Crippen LogP contribution in [0.2, 0.25) is 0 Å². The van der Waals surface area contributed by atoms with Crippen molar-refractivity contribution < 1.29 is 22.7 Å². The molecule has 0 saturated carbocycles. The molecule has 9 heteroatoms. The van der Waals surface area contributed by atoms with Crippen molar-refractivity contribution in [2.45, 2.75) is 17.7 Å². The van der Waals surface area contributed by atoms with Gasteiger partial charge in [-0.15, -0.1) is 11.3 Å². The van der Waals surface area contributed by atoms with Crippen molar-refractivity contribution in [1.29, 1.82) is 0 Å². The number of ether oxygens (including phenoxy) is 2. The van der Waals surface area contributed by atoms with Gasteiger partial charge in [0.25, 0.3) is 0 Å². The van der Waals surface area contributed by atoms with Crippen LogP contribution in [0.5, 0.6) is 11.5 Å². The highest BCUT2D eigenvalue weighted by Gasteiger charge is 2.14. The first-order valence-corrected chi connectivity index (χ1v) is 12.2. The summed E-state index contributed by atoms with van der Waals surface area (Å²) < 4.78 is 35.1. The van der Waals surface area contributed by atoms with Gasteiger partial charge in [0.15, 0.2) is 21.3 Å². The fourth-order valence-corrected chi connectivity index (χ4v) is 5.10. The Hall–Kier alpha value is -2.91. The Morgan fingerprint density at radius 3 is 2.52 bits per heavy atom. The number of hydrogen-bond donors (Lipinski definition) is 1. The van der Waals surface area contributed by atoms with Gasteiger partial charge in [-0.05, 0) is 36.8 Å². The van der Waals surface area contributed by atoms with Crippen LogP contribution >= 0.6 is 11.3 Å². The number of rotatable bonds is 10. The van der Waals surface area contributed by atoms with E-state index in [9.17, 15) is 13.2 Å². The number of nitrogens with one attached hydrogen (secondary N) is 1. The fourth-order valence-electron chi connectivity index (χ4n) is 2.95. The van der Waals surface area contributed by atoms with Crippen molar-refractivity contribution in [2.24, 2.45) is 0 Å². The van der Waals surface area contributed by atoms with Crippen LogP contribution in [0.15, 0.2) is 58.8 Å². The van der Waals surface area contributed by atoms with E-state index in [1.165, 1.54) is 11.3 Å². The van der Waals surface area contributed by atoms with Gasteiger partial charge in [-0.1, -0.05) is 18.2 Å². The quantitative estimate of drug-likeness (QED) is 0.466. The zero-order valence-corrected chi connectivity index (χ0v) is 19.0. The van der Waals surface area contributed by atoms with Gasteiger partial charge in [-0.2, -0.15) is 0 Å². The maximum Gasteiger partial charge on any atom is 0.226 e. The minimum Gasteiger partial charge on any atom is -0.493 e. The lowest BCUT2D eigenvalue weighted by Crippen LogP contribution is -2.27. The predicted octanol–water partition coefficient (Wildman–Crippen LogP) is 3.35. The summed E-state index contributed by atoms with van der Waals surface area (Å²) in [5.74, 6) is 1.04. The predicted molar refractivity (Wildman–Crippen MR) is 120 cm³/mol. The highest BCUT2D eigenvalue weighted by atomic mass is 32.2. The number of aromatic nitrogens is 1. The van der Waals surface area contributed by atoms with Crippen LogP contribution in [-0.2, 0) is 21.1 Å². The largest absolute Gasteiger partial charge is 0.493 e. The van der Waals surface area contributed by atoms with E-state index in [4.69, 9.17) is 9.47 Å². The zero-order chi connectivity index (χ0) is 22.3. The van der Waals surface area contributed by atoms with Crippen molar-refractivity contribution >= 4 is 27.1 Å². The Morgan fingerprint density at radius 1 is 1.06 bits per heavy atom. The zero-order valence-electron chi connectivity index (χ0n) is 17.3. The molecular weight excluding hydrogens is 436 g/mol. The molecule has 0 aliphatic heterocycles. The number of sulfone groups is 1. The summed E-state index contributed by atoms with van der Waals surface area (Å²) in [6.45, 7) is 0.289. The number of hydrogen-bond acceptors (Lipinski definition) is 7. The number of amides is 1. The molecule has 0 saturated heterocycles. The summed E-state index contributed by atoms with van der Waals surface area (Å²) in [6.07, 6.45) is 0.478. The molecule has 2 aromatic carbocycles. The molecule has 164 valence electrons. The number of carbonyl (C=O) groups is 1. The summed E-state index contributed by atoms with van der Waals surface area (Å²) >= 11 is 1.44. The maximum absolute atomic E-state index is 12.3. The van der Waals surface area contributed by atoms with Crippen molar-refractivity contribution in [3.8, 4) is 22.1 Å². The number of methoxy groups -OCH3 is 2. The summed E-state index contributed by atoms with van der Waals surface area (Å²) in [5, 5.41) is 5.38. The van der Waals surface area contributed by atoms with Crippen LogP contribution in [0.1, 0.15) is 12.1 Å². The van der Waals surface area contributed by atoms with E-state index in [0.29, 0.717) is 28.5 Å². The van der Waals surface area contributed by atoms with Gasteiger partial charge in [0.2, 0.25) is 5.91 Å². The van der Waals surface area contributed by atoms with Gasteiger partial charge < -0.3 is 14.8 Å². The molecule has 1 amide bonds. The van der Waals surface area contributed by atoms with Crippen molar-refractivity contribution in [3.63, 3.8) is 0 Å².